The van der Waals surface area contributed by atoms with Crippen LogP contribution in [-0.2, 0) is 0 Å². The summed E-state index contributed by atoms with van der Waals surface area (Å²) in [5, 5.41) is 0. The molecule has 2 N–H and O–H groups in total. The quantitative estimate of drug-likeness (QED) is 0.849. The van der Waals surface area contributed by atoms with Crippen LogP contribution in [-0.4, -0.2) is 47.1 Å². The largest absolute Gasteiger partial charge is 0.384 e. The molecule has 5 nitrogen and oxygen atoms in total. The molecule has 0 radical (unpaired) electrons. The summed E-state index contributed by atoms with van der Waals surface area (Å²) in [5.74, 6) is 1.52. The highest BCUT2D eigenvalue weighted by atomic mass is 15.3. The van der Waals surface area contributed by atoms with Crippen LogP contribution in [0.2, 0.25) is 0 Å². The van der Waals surface area contributed by atoms with Gasteiger partial charge in [-0.15, -0.1) is 0 Å². The number of nitrogens with zero attached hydrogens (tertiary/aromatic N) is 4. The maximum atomic E-state index is 5.70. The average Bonchev–Trinajstić information content (AvgIpc) is 2.93. The van der Waals surface area contributed by atoms with Gasteiger partial charge in [-0.3, -0.25) is 4.90 Å². The van der Waals surface area contributed by atoms with E-state index in [9.17, 15) is 0 Å². The van der Waals surface area contributed by atoms with E-state index >= 15 is 0 Å². The van der Waals surface area contributed by atoms with Crippen LogP contribution in [0.4, 0.5) is 11.6 Å². The molecule has 0 aromatic carbocycles. The van der Waals surface area contributed by atoms with Crippen LogP contribution in [0.15, 0.2) is 12.4 Å². The van der Waals surface area contributed by atoms with E-state index < -0.39 is 0 Å². The van der Waals surface area contributed by atoms with Gasteiger partial charge in [-0.1, -0.05) is 12.8 Å². The number of hydrogen-bond donors (Lipinski definition) is 1. The molecule has 1 aromatic heterocycles. The minimum absolute atomic E-state index is 0.554. The van der Waals surface area contributed by atoms with Gasteiger partial charge < -0.3 is 10.6 Å². The fourth-order valence-electron chi connectivity index (χ4n) is 3.12. The van der Waals surface area contributed by atoms with E-state index in [1.165, 1.54) is 25.7 Å². The molecule has 1 saturated carbocycles. The van der Waals surface area contributed by atoms with Gasteiger partial charge in [0.2, 0.25) is 0 Å². The van der Waals surface area contributed by atoms with Crippen molar-refractivity contribution < 1.29 is 0 Å². The first-order valence-electron chi connectivity index (χ1n) is 6.89. The third kappa shape index (κ3) is 2.41. The average molecular weight is 247 g/mol. The summed E-state index contributed by atoms with van der Waals surface area (Å²) >= 11 is 0. The standard InChI is InChI=1S/C13H21N5/c14-12-9-13(16-10-15-12)18-7-5-17(6-8-18)11-3-1-2-4-11/h9-11H,1-8H2,(H2,14,15,16). The van der Waals surface area contributed by atoms with Crippen molar-refractivity contribution in [1.82, 2.24) is 14.9 Å². The molecule has 98 valence electrons. The van der Waals surface area contributed by atoms with Crippen molar-refractivity contribution in [3.8, 4) is 0 Å². The Hall–Kier alpha value is -1.36. The maximum Gasteiger partial charge on any atom is 0.134 e. The second kappa shape index (κ2) is 5.10. The summed E-state index contributed by atoms with van der Waals surface area (Å²) < 4.78 is 0. The molecule has 1 aliphatic heterocycles. The molecule has 1 aliphatic carbocycles. The highest BCUT2D eigenvalue weighted by Crippen LogP contribution is 2.25. The van der Waals surface area contributed by atoms with Gasteiger partial charge in [0, 0.05) is 38.3 Å². The summed E-state index contributed by atoms with van der Waals surface area (Å²) in [5.41, 5.74) is 5.70. The van der Waals surface area contributed by atoms with Gasteiger partial charge in [0.05, 0.1) is 0 Å². The summed E-state index contributed by atoms with van der Waals surface area (Å²) in [7, 11) is 0. The van der Waals surface area contributed by atoms with Gasteiger partial charge in [-0.25, -0.2) is 9.97 Å². The zero-order chi connectivity index (χ0) is 12.4. The normalized spacial score (nSPS) is 22.6. The fraction of sp³-hybridized carbons (Fsp3) is 0.692. The lowest BCUT2D eigenvalue weighted by atomic mass is 10.2. The van der Waals surface area contributed by atoms with E-state index in [1.807, 2.05) is 6.07 Å². The number of nitrogens with two attached hydrogens (primary N) is 1. The molecule has 0 atom stereocenters. The Morgan fingerprint density at radius 1 is 1.06 bits per heavy atom. The minimum atomic E-state index is 0.554. The van der Waals surface area contributed by atoms with Crippen LogP contribution in [0.3, 0.4) is 0 Å². The first-order chi connectivity index (χ1) is 8.83. The summed E-state index contributed by atoms with van der Waals surface area (Å²) in [6.45, 7) is 4.39. The Labute approximate surface area is 108 Å². The van der Waals surface area contributed by atoms with Crippen molar-refractivity contribution in [1.29, 1.82) is 0 Å². The topological polar surface area (TPSA) is 58.3 Å². The van der Waals surface area contributed by atoms with E-state index in [-0.39, 0.29) is 0 Å². The molecule has 0 amide bonds. The lowest BCUT2D eigenvalue weighted by Crippen LogP contribution is -2.50. The summed E-state index contributed by atoms with van der Waals surface area (Å²) in [6.07, 6.45) is 7.15. The minimum Gasteiger partial charge on any atom is -0.384 e. The molecule has 3 rings (SSSR count). The molecule has 0 bridgehead atoms. The fourth-order valence-corrected chi connectivity index (χ4v) is 3.12. The van der Waals surface area contributed by atoms with Crippen LogP contribution in [0.5, 0.6) is 0 Å². The third-order valence-electron chi connectivity index (χ3n) is 4.15. The van der Waals surface area contributed by atoms with Crippen LogP contribution >= 0.6 is 0 Å². The van der Waals surface area contributed by atoms with Crippen molar-refractivity contribution in [2.45, 2.75) is 31.7 Å². The molecule has 2 aliphatic rings. The van der Waals surface area contributed by atoms with Crippen molar-refractivity contribution in [2.24, 2.45) is 0 Å². The van der Waals surface area contributed by atoms with E-state index in [4.69, 9.17) is 5.73 Å². The molecule has 5 heteroatoms. The Bertz CT molecular complexity index is 394. The van der Waals surface area contributed by atoms with Crippen LogP contribution in [0, 0.1) is 0 Å². The van der Waals surface area contributed by atoms with Gasteiger partial charge in [0.1, 0.15) is 18.0 Å². The lowest BCUT2D eigenvalue weighted by Gasteiger charge is -2.38. The van der Waals surface area contributed by atoms with Gasteiger partial charge in [-0.05, 0) is 12.8 Å². The van der Waals surface area contributed by atoms with Crippen molar-refractivity contribution >= 4 is 11.6 Å². The Morgan fingerprint density at radius 2 is 1.78 bits per heavy atom. The van der Waals surface area contributed by atoms with Crippen molar-refractivity contribution in [3.05, 3.63) is 12.4 Å². The number of anilines is 2. The molecule has 2 heterocycles. The highest BCUT2D eigenvalue weighted by Gasteiger charge is 2.26. The first kappa shape index (κ1) is 11.7. The Balaban J connectivity index is 1.59. The number of nitrogen functional groups attached to an aromatic ring is 1. The smallest absolute Gasteiger partial charge is 0.134 e. The van der Waals surface area contributed by atoms with Crippen LogP contribution in [0.1, 0.15) is 25.7 Å². The molecule has 18 heavy (non-hydrogen) atoms. The van der Waals surface area contributed by atoms with Gasteiger partial charge >= 0.3 is 0 Å². The summed E-state index contributed by atoms with van der Waals surface area (Å²) in [6, 6.07) is 2.70. The second-order valence-electron chi connectivity index (χ2n) is 5.26. The van der Waals surface area contributed by atoms with Crippen molar-refractivity contribution in [3.63, 3.8) is 0 Å². The number of hydrogen-bond acceptors (Lipinski definition) is 5. The third-order valence-corrected chi connectivity index (χ3v) is 4.15. The molecule has 0 unspecified atom stereocenters. The van der Waals surface area contributed by atoms with Gasteiger partial charge in [-0.2, -0.15) is 0 Å². The molecular formula is C13H21N5. The predicted octanol–water partition coefficient (Wildman–Crippen LogP) is 1.12. The number of aromatic nitrogens is 2. The molecule has 1 saturated heterocycles. The molecule has 1 aromatic rings. The summed E-state index contributed by atoms with van der Waals surface area (Å²) in [4.78, 5) is 13.2. The van der Waals surface area contributed by atoms with Gasteiger partial charge in [0.15, 0.2) is 0 Å². The van der Waals surface area contributed by atoms with E-state index in [1.54, 1.807) is 6.33 Å². The second-order valence-corrected chi connectivity index (χ2v) is 5.26. The van der Waals surface area contributed by atoms with E-state index in [0.717, 1.165) is 38.0 Å². The van der Waals surface area contributed by atoms with E-state index in [2.05, 4.69) is 19.8 Å². The lowest BCUT2D eigenvalue weighted by molar-refractivity contribution is 0.187. The Morgan fingerprint density at radius 3 is 2.44 bits per heavy atom. The SMILES string of the molecule is Nc1cc(N2CCN(C3CCCC3)CC2)ncn1. The monoisotopic (exact) mass is 247 g/mol. The first-order valence-corrected chi connectivity index (χ1v) is 6.89. The highest BCUT2D eigenvalue weighted by molar-refractivity contribution is 5.46. The molecule has 0 spiro atoms. The van der Waals surface area contributed by atoms with Crippen LogP contribution < -0.4 is 10.6 Å². The Kier molecular flexibility index (Phi) is 3.32. The maximum absolute atomic E-state index is 5.70. The number of piperazine rings is 1. The zero-order valence-electron chi connectivity index (χ0n) is 10.8. The van der Waals surface area contributed by atoms with Crippen LogP contribution in [0.25, 0.3) is 0 Å². The number of rotatable bonds is 2. The van der Waals surface area contributed by atoms with Gasteiger partial charge in [0.25, 0.3) is 0 Å². The molecular weight excluding hydrogens is 226 g/mol. The molecule has 2 fully saturated rings. The van der Waals surface area contributed by atoms with Crippen molar-refractivity contribution in [2.75, 3.05) is 36.8 Å². The predicted molar refractivity (Wildman–Crippen MR) is 72.5 cm³/mol. The zero-order valence-corrected chi connectivity index (χ0v) is 10.8. The van der Waals surface area contributed by atoms with E-state index in [0.29, 0.717) is 5.82 Å².